The summed E-state index contributed by atoms with van der Waals surface area (Å²) >= 11 is 0. The van der Waals surface area contributed by atoms with Crippen molar-refractivity contribution < 1.29 is 14.4 Å². The molecular weight excluding hydrogens is 390 g/mol. The van der Waals surface area contributed by atoms with E-state index in [9.17, 15) is 14.4 Å². The molecule has 0 radical (unpaired) electrons. The van der Waals surface area contributed by atoms with Crippen molar-refractivity contribution >= 4 is 17.6 Å². The third kappa shape index (κ3) is 5.79. The van der Waals surface area contributed by atoms with Gasteiger partial charge in [0.15, 0.2) is 5.78 Å². The normalized spacial score (nSPS) is 16.6. The molecule has 1 aliphatic rings. The number of nitrogens with two attached hydrogens (primary N) is 1. The van der Waals surface area contributed by atoms with Gasteiger partial charge in [0.2, 0.25) is 5.91 Å². The summed E-state index contributed by atoms with van der Waals surface area (Å²) in [6.45, 7) is 6.92. The van der Waals surface area contributed by atoms with Gasteiger partial charge in [-0.15, -0.1) is 0 Å². The molecule has 0 aromatic heterocycles. The zero-order valence-electron chi connectivity index (χ0n) is 18.3. The van der Waals surface area contributed by atoms with Gasteiger partial charge in [0.1, 0.15) is 0 Å². The molecule has 0 saturated carbocycles. The predicted molar refractivity (Wildman–Crippen MR) is 121 cm³/mol. The van der Waals surface area contributed by atoms with E-state index in [1.54, 1.807) is 30.3 Å². The molecule has 1 saturated heterocycles. The zero-order valence-corrected chi connectivity index (χ0v) is 18.3. The third-order valence-electron chi connectivity index (χ3n) is 6.03. The molecule has 0 bridgehead atoms. The number of amides is 2. The number of hydrogen-bond acceptors (Lipinski definition) is 4. The van der Waals surface area contributed by atoms with Crippen LogP contribution in [0.3, 0.4) is 0 Å². The van der Waals surface area contributed by atoms with Gasteiger partial charge in [0.05, 0.1) is 11.5 Å². The maximum atomic E-state index is 13.0. The van der Waals surface area contributed by atoms with E-state index in [1.165, 1.54) is 0 Å². The average Bonchev–Trinajstić information content (AvgIpc) is 2.78. The van der Waals surface area contributed by atoms with Crippen LogP contribution in [0.1, 0.15) is 56.7 Å². The van der Waals surface area contributed by atoms with Gasteiger partial charge in [-0.05, 0) is 69.5 Å². The molecule has 31 heavy (non-hydrogen) atoms. The molecule has 0 spiro atoms. The lowest BCUT2D eigenvalue weighted by molar-refractivity contribution is -0.123. The van der Waals surface area contributed by atoms with Crippen LogP contribution in [0.25, 0.3) is 0 Å². The number of carbonyl (C=O) groups excluding carboxylic acids is 3. The van der Waals surface area contributed by atoms with E-state index in [4.69, 9.17) is 5.73 Å². The number of likely N-dealkylation sites (tertiary alicyclic amines) is 1. The van der Waals surface area contributed by atoms with Crippen LogP contribution < -0.4 is 11.1 Å². The second-order valence-electron chi connectivity index (χ2n) is 8.33. The van der Waals surface area contributed by atoms with Crippen LogP contribution in [0.15, 0.2) is 42.5 Å². The van der Waals surface area contributed by atoms with Crippen molar-refractivity contribution in [3.63, 3.8) is 0 Å². The van der Waals surface area contributed by atoms with Crippen molar-refractivity contribution in [2.45, 2.75) is 33.1 Å². The van der Waals surface area contributed by atoms with Crippen LogP contribution in [0.4, 0.5) is 0 Å². The molecule has 0 aliphatic carbocycles. The first-order chi connectivity index (χ1) is 14.9. The first kappa shape index (κ1) is 22.7. The van der Waals surface area contributed by atoms with E-state index in [2.05, 4.69) is 10.2 Å². The van der Waals surface area contributed by atoms with Crippen molar-refractivity contribution in [1.29, 1.82) is 0 Å². The fourth-order valence-electron chi connectivity index (χ4n) is 4.01. The molecule has 1 fully saturated rings. The number of ketones is 1. The SMILES string of the molecule is Cc1ccc(C(=O)c2ccccc2C(=O)NCCCN2CCCC(C(N)=O)C2)cc1C. The van der Waals surface area contributed by atoms with Gasteiger partial charge in [0, 0.05) is 24.2 Å². The number of hydrogen-bond donors (Lipinski definition) is 2. The Kier molecular flexibility index (Phi) is 7.58. The van der Waals surface area contributed by atoms with Gasteiger partial charge in [-0.1, -0.05) is 30.3 Å². The van der Waals surface area contributed by atoms with Gasteiger partial charge in [-0.25, -0.2) is 0 Å². The zero-order chi connectivity index (χ0) is 22.4. The summed E-state index contributed by atoms with van der Waals surface area (Å²) in [6.07, 6.45) is 2.59. The number of nitrogens with zero attached hydrogens (tertiary/aromatic N) is 1. The largest absolute Gasteiger partial charge is 0.369 e. The monoisotopic (exact) mass is 421 g/mol. The highest BCUT2D eigenvalue weighted by molar-refractivity contribution is 6.15. The lowest BCUT2D eigenvalue weighted by atomic mass is 9.95. The molecule has 6 heteroatoms. The third-order valence-corrected chi connectivity index (χ3v) is 6.03. The summed E-state index contributed by atoms with van der Waals surface area (Å²) in [4.78, 5) is 39.4. The van der Waals surface area contributed by atoms with Gasteiger partial charge >= 0.3 is 0 Å². The minimum atomic E-state index is -0.249. The van der Waals surface area contributed by atoms with E-state index < -0.39 is 0 Å². The van der Waals surface area contributed by atoms with Gasteiger partial charge in [-0.3, -0.25) is 14.4 Å². The summed E-state index contributed by atoms with van der Waals surface area (Å²) in [5.41, 5.74) is 8.98. The molecule has 2 amide bonds. The number of carbonyl (C=O) groups is 3. The Hall–Kier alpha value is -2.99. The summed E-state index contributed by atoms with van der Waals surface area (Å²) in [5.74, 6) is -0.712. The molecule has 1 aliphatic heterocycles. The standard InChI is InChI=1S/C25H31N3O3/c1-17-10-11-19(15-18(17)2)23(29)21-8-3-4-9-22(21)25(31)27-12-6-14-28-13-5-7-20(16-28)24(26)30/h3-4,8-11,15,20H,5-7,12-14,16H2,1-2H3,(H2,26,30)(H,27,31). The van der Waals surface area contributed by atoms with E-state index in [0.717, 1.165) is 43.5 Å². The summed E-state index contributed by atoms with van der Waals surface area (Å²) in [6, 6.07) is 12.5. The van der Waals surface area contributed by atoms with Crippen LogP contribution in [0.2, 0.25) is 0 Å². The Balaban J connectivity index is 1.58. The molecule has 1 heterocycles. The maximum absolute atomic E-state index is 13.0. The fourth-order valence-corrected chi connectivity index (χ4v) is 4.01. The molecule has 3 rings (SSSR count). The molecule has 2 aromatic rings. The number of primary amides is 1. The molecule has 1 atom stereocenters. The number of rotatable bonds is 8. The highest BCUT2D eigenvalue weighted by Gasteiger charge is 2.23. The smallest absolute Gasteiger partial charge is 0.252 e. The van der Waals surface area contributed by atoms with Crippen molar-refractivity contribution in [3.8, 4) is 0 Å². The number of piperidine rings is 1. The highest BCUT2D eigenvalue weighted by atomic mass is 16.2. The Bertz CT molecular complexity index is 970. The summed E-state index contributed by atoms with van der Waals surface area (Å²) in [7, 11) is 0. The van der Waals surface area contributed by atoms with Crippen LogP contribution in [0, 0.1) is 19.8 Å². The summed E-state index contributed by atoms with van der Waals surface area (Å²) in [5, 5.41) is 2.93. The first-order valence-corrected chi connectivity index (χ1v) is 10.9. The molecular formula is C25H31N3O3. The number of nitrogens with one attached hydrogen (secondary N) is 1. The Morgan fingerprint density at radius 2 is 1.81 bits per heavy atom. The van der Waals surface area contributed by atoms with Gasteiger partial charge in [-0.2, -0.15) is 0 Å². The van der Waals surface area contributed by atoms with E-state index in [1.807, 2.05) is 26.0 Å². The molecule has 1 unspecified atom stereocenters. The van der Waals surface area contributed by atoms with E-state index in [-0.39, 0.29) is 23.5 Å². The molecule has 164 valence electrons. The van der Waals surface area contributed by atoms with Gasteiger partial charge < -0.3 is 16.0 Å². The minimum Gasteiger partial charge on any atom is -0.369 e. The molecule has 3 N–H and O–H groups in total. The summed E-state index contributed by atoms with van der Waals surface area (Å²) < 4.78 is 0. The fraction of sp³-hybridized carbons (Fsp3) is 0.400. The first-order valence-electron chi connectivity index (χ1n) is 10.9. The second-order valence-corrected chi connectivity index (χ2v) is 8.33. The van der Waals surface area contributed by atoms with Crippen molar-refractivity contribution in [2.75, 3.05) is 26.2 Å². The average molecular weight is 422 g/mol. The quantitative estimate of drug-likeness (QED) is 0.506. The van der Waals surface area contributed by atoms with E-state index >= 15 is 0 Å². The maximum Gasteiger partial charge on any atom is 0.252 e. The van der Waals surface area contributed by atoms with Crippen LogP contribution >= 0.6 is 0 Å². The van der Waals surface area contributed by atoms with Crippen LogP contribution in [0.5, 0.6) is 0 Å². The number of benzene rings is 2. The Morgan fingerprint density at radius 1 is 1.06 bits per heavy atom. The highest BCUT2D eigenvalue weighted by Crippen LogP contribution is 2.18. The number of aryl methyl sites for hydroxylation is 2. The second kappa shape index (κ2) is 10.4. The van der Waals surface area contributed by atoms with Crippen LogP contribution in [-0.4, -0.2) is 48.7 Å². The minimum absolute atomic E-state index is 0.0772. The Morgan fingerprint density at radius 3 is 2.52 bits per heavy atom. The van der Waals surface area contributed by atoms with Crippen molar-refractivity contribution in [1.82, 2.24) is 10.2 Å². The predicted octanol–water partition coefficient (Wildman–Crippen LogP) is 2.85. The Labute approximate surface area is 183 Å². The molecule has 2 aromatic carbocycles. The van der Waals surface area contributed by atoms with Crippen molar-refractivity contribution in [2.24, 2.45) is 11.7 Å². The lowest BCUT2D eigenvalue weighted by Gasteiger charge is -2.31. The topological polar surface area (TPSA) is 92.5 Å². The van der Waals surface area contributed by atoms with Crippen LogP contribution in [-0.2, 0) is 4.79 Å². The van der Waals surface area contributed by atoms with Gasteiger partial charge in [0.25, 0.3) is 5.91 Å². The molecule has 6 nitrogen and oxygen atoms in total. The van der Waals surface area contributed by atoms with E-state index in [0.29, 0.717) is 29.8 Å². The van der Waals surface area contributed by atoms with Crippen molar-refractivity contribution in [3.05, 3.63) is 70.3 Å². The lowest BCUT2D eigenvalue weighted by Crippen LogP contribution is -2.42.